The van der Waals surface area contributed by atoms with Crippen LogP contribution in [0.4, 0.5) is 0 Å². The Morgan fingerprint density at radius 3 is 1.33 bits per heavy atom. The number of carbonyl (C=O) groups is 2. The molecule has 0 aliphatic heterocycles. The van der Waals surface area contributed by atoms with Crippen molar-refractivity contribution in [1.82, 2.24) is 0 Å². The van der Waals surface area contributed by atoms with Crippen LogP contribution in [0, 0.1) is 0 Å². The summed E-state index contributed by atoms with van der Waals surface area (Å²) < 4.78 is 0. The molecule has 0 saturated carbocycles. The first-order valence-corrected chi connectivity index (χ1v) is 3.36. The average molecular weight is 209 g/mol. The molecule has 0 aliphatic carbocycles. The zero-order chi connectivity index (χ0) is 9.72. The van der Waals surface area contributed by atoms with Crippen molar-refractivity contribution in [1.29, 1.82) is 0 Å². The number of carbonyl (C=O) groups excluding carboxylic acids is 2. The maximum atomic E-state index is 9.93. The minimum atomic E-state index is -1.62. The van der Waals surface area contributed by atoms with Gasteiger partial charge < -0.3 is 19.8 Å². The summed E-state index contributed by atoms with van der Waals surface area (Å²) in [5.41, 5.74) is 0. The Bertz CT molecular complexity index is 239. The standard InChI is InChI=1S/C6H4Cl2O4/c7-3(5(9)10)1-2-4(8)6(11)12/h1-2H,(H,9,10)(H,11,12)/p-2. The fourth-order valence-corrected chi connectivity index (χ4v) is 0.408. The fraction of sp³-hybridized carbons (Fsp3) is 0. The van der Waals surface area contributed by atoms with Crippen molar-refractivity contribution in [3.8, 4) is 0 Å². The van der Waals surface area contributed by atoms with Crippen molar-refractivity contribution < 1.29 is 19.8 Å². The third kappa shape index (κ3) is 4.00. The number of hydrogen-bond acceptors (Lipinski definition) is 4. The molecule has 0 unspecified atom stereocenters. The Morgan fingerprint density at radius 1 is 0.917 bits per heavy atom. The van der Waals surface area contributed by atoms with Crippen LogP contribution in [0.3, 0.4) is 0 Å². The molecular weight excluding hydrogens is 207 g/mol. The summed E-state index contributed by atoms with van der Waals surface area (Å²) in [6.45, 7) is 0. The average Bonchev–Trinajstić information content (AvgIpc) is 1.98. The lowest BCUT2D eigenvalue weighted by molar-refractivity contribution is -0.299. The Labute approximate surface area is 77.7 Å². The molecule has 66 valence electrons. The van der Waals surface area contributed by atoms with Crippen molar-refractivity contribution in [3.05, 3.63) is 22.2 Å². The van der Waals surface area contributed by atoms with Crippen molar-refractivity contribution in [2.75, 3.05) is 0 Å². The summed E-state index contributed by atoms with van der Waals surface area (Å²) in [6.07, 6.45) is 1.57. The van der Waals surface area contributed by atoms with Crippen LogP contribution in [-0.2, 0) is 9.59 Å². The van der Waals surface area contributed by atoms with E-state index < -0.39 is 22.0 Å². The van der Waals surface area contributed by atoms with Crippen molar-refractivity contribution in [2.24, 2.45) is 0 Å². The molecule has 0 aromatic carbocycles. The molecule has 0 bridgehead atoms. The molecular formula is C6H2Cl2O4-2. The van der Waals surface area contributed by atoms with E-state index in [0.29, 0.717) is 0 Å². The first-order valence-electron chi connectivity index (χ1n) is 2.61. The summed E-state index contributed by atoms with van der Waals surface area (Å²) in [5, 5.41) is 18.6. The highest BCUT2D eigenvalue weighted by Gasteiger charge is 1.92. The molecule has 0 N–H and O–H groups in total. The lowest BCUT2D eigenvalue weighted by Crippen LogP contribution is -2.23. The predicted octanol–water partition coefficient (Wildman–Crippen LogP) is -1.27. The van der Waals surface area contributed by atoms with Gasteiger partial charge in [0, 0.05) is 0 Å². The molecule has 4 nitrogen and oxygen atoms in total. The smallest absolute Gasteiger partial charge is 0.0829 e. The number of aliphatic carboxylic acids is 2. The van der Waals surface area contributed by atoms with Crippen LogP contribution in [0.25, 0.3) is 0 Å². The van der Waals surface area contributed by atoms with Crippen molar-refractivity contribution in [2.45, 2.75) is 0 Å². The number of allylic oxidation sites excluding steroid dienone is 2. The normalized spacial score (nSPS) is 12.8. The molecule has 0 spiro atoms. The molecule has 0 fully saturated rings. The van der Waals surface area contributed by atoms with Crippen molar-refractivity contribution >= 4 is 35.1 Å². The molecule has 0 aromatic heterocycles. The van der Waals surface area contributed by atoms with Crippen LogP contribution in [0.15, 0.2) is 22.2 Å². The Balaban J connectivity index is 4.48. The lowest BCUT2D eigenvalue weighted by Gasteiger charge is -1.98. The molecule has 0 heterocycles. The van der Waals surface area contributed by atoms with Gasteiger partial charge in [0.25, 0.3) is 0 Å². The molecule has 0 radical (unpaired) electrons. The third-order valence-electron chi connectivity index (χ3n) is 0.766. The van der Waals surface area contributed by atoms with E-state index in [-0.39, 0.29) is 0 Å². The van der Waals surface area contributed by atoms with Gasteiger partial charge in [-0.1, -0.05) is 23.2 Å². The predicted molar refractivity (Wildman–Crippen MR) is 37.9 cm³/mol. The Morgan fingerprint density at radius 2 is 1.17 bits per heavy atom. The topological polar surface area (TPSA) is 80.3 Å². The first kappa shape index (κ1) is 11.0. The molecule has 0 rings (SSSR count). The van der Waals surface area contributed by atoms with Crippen LogP contribution >= 0.6 is 23.2 Å². The van der Waals surface area contributed by atoms with Gasteiger partial charge in [-0.3, -0.25) is 0 Å². The summed E-state index contributed by atoms with van der Waals surface area (Å²) in [5.74, 6) is -3.23. The minimum Gasteiger partial charge on any atom is -0.544 e. The van der Waals surface area contributed by atoms with E-state index in [4.69, 9.17) is 23.2 Å². The van der Waals surface area contributed by atoms with Gasteiger partial charge in [0.1, 0.15) is 0 Å². The maximum Gasteiger partial charge on any atom is 0.0829 e. The van der Waals surface area contributed by atoms with Gasteiger partial charge in [0.15, 0.2) is 0 Å². The van der Waals surface area contributed by atoms with Crippen LogP contribution in [0.1, 0.15) is 0 Å². The molecule has 12 heavy (non-hydrogen) atoms. The van der Waals surface area contributed by atoms with Crippen LogP contribution < -0.4 is 10.2 Å². The van der Waals surface area contributed by atoms with E-state index in [1.54, 1.807) is 0 Å². The number of rotatable bonds is 3. The maximum absolute atomic E-state index is 9.93. The number of hydrogen-bond donors (Lipinski definition) is 0. The zero-order valence-electron chi connectivity index (χ0n) is 5.54. The first-order chi connectivity index (χ1) is 5.45. The summed E-state index contributed by atoms with van der Waals surface area (Å²) in [4.78, 5) is 19.9. The molecule has 6 heteroatoms. The van der Waals surface area contributed by atoms with E-state index >= 15 is 0 Å². The van der Waals surface area contributed by atoms with Crippen LogP contribution in [-0.4, -0.2) is 11.9 Å². The Hall–Kier alpha value is -1.00. The van der Waals surface area contributed by atoms with Crippen molar-refractivity contribution in [3.63, 3.8) is 0 Å². The highest BCUT2D eigenvalue weighted by Crippen LogP contribution is 2.04. The second kappa shape index (κ2) is 4.79. The molecule has 0 aliphatic rings. The largest absolute Gasteiger partial charge is 0.544 e. The molecule has 0 aromatic rings. The molecule has 0 amide bonds. The monoisotopic (exact) mass is 208 g/mol. The highest BCUT2D eigenvalue weighted by atomic mass is 35.5. The van der Waals surface area contributed by atoms with Gasteiger partial charge in [-0.15, -0.1) is 0 Å². The van der Waals surface area contributed by atoms with Crippen LogP contribution in [0.5, 0.6) is 0 Å². The number of carboxylic acids is 2. The van der Waals surface area contributed by atoms with E-state index in [0.717, 1.165) is 12.2 Å². The highest BCUT2D eigenvalue weighted by molar-refractivity contribution is 6.42. The fourth-order valence-electron chi connectivity index (χ4n) is 0.282. The minimum absolute atomic E-state index is 0.644. The zero-order valence-corrected chi connectivity index (χ0v) is 7.06. The van der Waals surface area contributed by atoms with E-state index in [2.05, 4.69) is 0 Å². The van der Waals surface area contributed by atoms with Gasteiger partial charge in [-0.25, -0.2) is 0 Å². The quantitative estimate of drug-likeness (QED) is 0.428. The summed E-state index contributed by atoms with van der Waals surface area (Å²) >= 11 is 10.1. The third-order valence-corrected chi connectivity index (χ3v) is 1.33. The van der Waals surface area contributed by atoms with Gasteiger partial charge in [-0.2, -0.15) is 0 Å². The number of halogens is 2. The van der Waals surface area contributed by atoms with Gasteiger partial charge in [0.05, 0.1) is 22.0 Å². The van der Waals surface area contributed by atoms with Gasteiger partial charge in [-0.05, 0) is 12.2 Å². The lowest BCUT2D eigenvalue weighted by atomic mass is 10.4. The molecule has 0 atom stereocenters. The number of carboxylic acid groups (broad SMARTS) is 2. The summed E-state index contributed by atoms with van der Waals surface area (Å²) in [6, 6.07) is 0. The second-order valence-electron chi connectivity index (χ2n) is 1.60. The van der Waals surface area contributed by atoms with E-state index in [1.165, 1.54) is 0 Å². The second-order valence-corrected chi connectivity index (χ2v) is 2.42. The van der Waals surface area contributed by atoms with Gasteiger partial charge >= 0.3 is 0 Å². The van der Waals surface area contributed by atoms with E-state index in [1.807, 2.05) is 0 Å². The molecule has 0 saturated heterocycles. The SMILES string of the molecule is O=C([O-])C(Cl)=CC=C(Cl)C(=O)[O-]. The summed E-state index contributed by atoms with van der Waals surface area (Å²) in [7, 11) is 0. The van der Waals surface area contributed by atoms with E-state index in [9.17, 15) is 19.8 Å². The van der Waals surface area contributed by atoms with Gasteiger partial charge in [0.2, 0.25) is 0 Å². The Kier molecular flexibility index (Phi) is 4.39. The van der Waals surface area contributed by atoms with Crippen LogP contribution in [0.2, 0.25) is 0 Å².